The number of phenols is 1. The van der Waals surface area contributed by atoms with E-state index in [1.807, 2.05) is 24.3 Å². The van der Waals surface area contributed by atoms with E-state index in [9.17, 15) is 9.90 Å². The van der Waals surface area contributed by atoms with Crippen LogP contribution in [0, 0.1) is 17.8 Å². The van der Waals surface area contributed by atoms with Crippen molar-refractivity contribution in [3.8, 4) is 16.9 Å². The van der Waals surface area contributed by atoms with Crippen molar-refractivity contribution >= 4 is 16.7 Å². The van der Waals surface area contributed by atoms with Gasteiger partial charge in [-0.05, 0) is 114 Å². The Bertz CT molecular complexity index is 1160. The Morgan fingerprint density at radius 1 is 0.867 bits per heavy atom. The van der Waals surface area contributed by atoms with Crippen LogP contribution in [-0.4, -0.2) is 16.2 Å². The second-order valence-corrected chi connectivity index (χ2v) is 9.90. The van der Waals surface area contributed by atoms with Gasteiger partial charge in [0.1, 0.15) is 5.75 Å². The van der Waals surface area contributed by atoms with E-state index in [0.717, 1.165) is 45.2 Å². The van der Waals surface area contributed by atoms with E-state index in [0.29, 0.717) is 11.3 Å². The second-order valence-electron chi connectivity index (χ2n) is 9.90. The summed E-state index contributed by atoms with van der Waals surface area (Å²) in [5.74, 6) is 2.17. The smallest absolute Gasteiger partial charge is 0.335 e. The van der Waals surface area contributed by atoms with E-state index in [1.54, 1.807) is 12.1 Å². The molecule has 4 unspecified atom stereocenters. The Balaban J connectivity index is 1.42. The molecular weight excluding hydrogens is 372 g/mol. The van der Waals surface area contributed by atoms with Crippen LogP contribution in [-0.2, 0) is 5.41 Å². The molecule has 6 rings (SSSR count). The van der Waals surface area contributed by atoms with Crippen LogP contribution < -0.4 is 0 Å². The maximum atomic E-state index is 11.1. The van der Waals surface area contributed by atoms with Gasteiger partial charge in [-0.15, -0.1) is 0 Å². The zero-order valence-corrected chi connectivity index (χ0v) is 17.0. The highest BCUT2D eigenvalue weighted by molar-refractivity contribution is 5.91. The molecule has 4 atom stereocenters. The number of benzene rings is 3. The molecule has 3 aliphatic rings. The normalized spacial score (nSPS) is 29.4. The standard InChI is InChI=1S/C27H26O3/c28-25-13-20-6-5-19(17-1-3-18(4-2-17)26(29)30)11-22(20)12-24(25)27-8-7-21-9-16(14-27)10-23(21)15-27/h1-6,11-13,16,21,23,28H,7-10,14-15H2,(H,29,30). The molecule has 0 aromatic heterocycles. The third kappa shape index (κ3) is 2.68. The second kappa shape index (κ2) is 6.34. The summed E-state index contributed by atoms with van der Waals surface area (Å²) >= 11 is 0. The number of rotatable bonds is 3. The Morgan fingerprint density at radius 2 is 1.63 bits per heavy atom. The monoisotopic (exact) mass is 398 g/mol. The number of phenolic OH excluding ortho intramolecular Hbond substituents is 1. The largest absolute Gasteiger partial charge is 0.508 e. The van der Waals surface area contributed by atoms with Gasteiger partial charge in [-0.1, -0.05) is 24.3 Å². The van der Waals surface area contributed by atoms with Gasteiger partial charge >= 0.3 is 5.97 Å². The predicted octanol–water partition coefficient (Wildman–Crippen LogP) is 6.38. The molecule has 3 bridgehead atoms. The van der Waals surface area contributed by atoms with E-state index in [-0.39, 0.29) is 5.41 Å². The van der Waals surface area contributed by atoms with Gasteiger partial charge in [0.05, 0.1) is 5.56 Å². The summed E-state index contributed by atoms with van der Waals surface area (Å²) < 4.78 is 0. The van der Waals surface area contributed by atoms with E-state index in [1.165, 1.54) is 38.5 Å². The van der Waals surface area contributed by atoms with Crippen LogP contribution in [0.15, 0.2) is 54.6 Å². The molecule has 2 N–H and O–H groups in total. The molecule has 0 amide bonds. The van der Waals surface area contributed by atoms with Crippen molar-refractivity contribution in [3.63, 3.8) is 0 Å². The highest BCUT2D eigenvalue weighted by atomic mass is 16.4. The lowest BCUT2D eigenvalue weighted by Crippen LogP contribution is -2.38. The van der Waals surface area contributed by atoms with Crippen molar-refractivity contribution in [1.82, 2.24) is 0 Å². The van der Waals surface area contributed by atoms with Crippen LogP contribution in [0.5, 0.6) is 5.75 Å². The van der Waals surface area contributed by atoms with Crippen LogP contribution in [0.25, 0.3) is 21.9 Å². The van der Waals surface area contributed by atoms with Gasteiger partial charge in [0.25, 0.3) is 0 Å². The van der Waals surface area contributed by atoms with Gasteiger partial charge in [0.15, 0.2) is 0 Å². The minimum Gasteiger partial charge on any atom is -0.508 e. The van der Waals surface area contributed by atoms with Crippen molar-refractivity contribution < 1.29 is 15.0 Å². The van der Waals surface area contributed by atoms with Crippen molar-refractivity contribution in [2.45, 2.75) is 43.9 Å². The van der Waals surface area contributed by atoms with Crippen LogP contribution >= 0.6 is 0 Å². The quantitative estimate of drug-likeness (QED) is 0.538. The molecule has 152 valence electrons. The molecule has 30 heavy (non-hydrogen) atoms. The minimum absolute atomic E-state index is 0.151. The Hall–Kier alpha value is -2.81. The molecule has 3 aromatic carbocycles. The highest BCUT2D eigenvalue weighted by Gasteiger charge is 2.53. The molecule has 3 heteroatoms. The number of aromatic hydroxyl groups is 1. The fourth-order valence-corrected chi connectivity index (χ4v) is 6.96. The minimum atomic E-state index is -0.907. The topological polar surface area (TPSA) is 57.5 Å². The first-order valence-corrected chi connectivity index (χ1v) is 11.1. The molecular formula is C27H26O3. The number of carboxylic acids is 1. The maximum Gasteiger partial charge on any atom is 0.335 e. The first-order chi connectivity index (χ1) is 14.5. The van der Waals surface area contributed by atoms with Crippen LogP contribution in [0.3, 0.4) is 0 Å². The highest BCUT2D eigenvalue weighted by Crippen LogP contribution is 2.62. The fourth-order valence-electron chi connectivity index (χ4n) is 6.96. The van der Waals surface area contributed by atoms with Gasteiger partial charge < -0.3 is 10.2 Å². The number of aromatic carboxylic acids is 1. The summed E-state index contributed by atoms with van der Waals surface area (Å²) in [6.07, 6.45) is 7.79. The van der Waals surface area contributed by atoms with Crippen molar-refractivity contribution in [1.29, 1.82) is 0 Å². The fraction of sp³-hybridized carbons (Fsp3) is 0.370. The number of carboxylic acid groups (broad SMARTS) is 1. The van der Waals surface area contributed by atoms with E-state index < -0.39 is 5.97 Å². The summed E-state index contributed by atoms with van der Waals surface area (Å²) in [5.41, 5.74) is 3.68. The van der Waals surface area contributed by atoms with E-state index in [2.05, 4.69) is 18.2 Å². The van der Waals surface area contributed by atoms with Gasteiger partial charge in [-0.3, -0.25) is 0 Å². The molecule has 3 aliphatic carbocycles. The summed E-state index contributed by atoms with van der Waals surface area (Å²) in [7, 11) is 0. The number of hydrogen-bond acceptors (Lipinski definition) is 2. The summed E-state index contributed by atoms with van der Waals surface area (Å²) in [6, 6.07) is 17.5. The summed E-state index contributed by atoms with van der Waals surface area (Å²) in [6.45, 7) is 0. The average Bonchev–Trinajstić information content (AvgIpc) is 2.96. The van der Waals surface area contributed by atoms with Gasteiger partial charge in [0, 0.05) is 5.56 Å². The maximum absolute atomic E-state index is 11.1. The van der Waals surface area contributed by atoms with E-state index >= 15 is 0 Å². The lowest BCUT2D eigenvalue weighted by atomic mass is 9.59. The number of hydrogen-bond donors (Lipinski definition) is 2. The van der Waals surface area contributed by atoms with Crippen LogP contribution in [0.4, 0.5) is 0 Å². The molecule has 3 saturated carbocycles. The zero-order valence-electron chi connectivity index (χ0n) is 17.0. The Morgan fingerprint density at radius 3 is 2.43 bits per heavy atom. The number of carbonyl (C=O) groups is 1. The first kappa shape index (κ1) is 18.0. The molecule has 3 nitrogen and oxygen atoms in total. The predicted molar refractivity (Wildman–Crippen MR) is 118 cm³/mol. The lowest BCUT2D eigenvalue weighted by molar-refractivity contribution is 0.0697. The van der Waals surface area contributed by atoms with E-state index in [4.69, 9.17) is 5.11 Å². The molecule has 3 fully saturated rings. The van der Waals surface area contributed by atoms with Crippen molar-refractivity contribution in [2.24, 2.45) is 17.8 Å². The van der Waals surface area contributed by atoms with Gasteiger partial charge in [-0.2, -0.15) is 0 Å². The molecule has 0 radical (unpaired) electrons. The average molecular weight is 399 g/mol. The zero-order chi connectivity index (χ0) is 20.5. The van der Waals surface area contributed by atoms with Crippen molar-refractivity contribution in [2.75, 3.05) is 0 Å². The molecule has 3 aromatic rings. The third-order valence-corrected chi connectivity index (χ3v) is 8.26. The first-order valence-electron chi connectivity index (χ1n) is 11.1. The summed E-state index contributed by atoms with van der Waals surface area (Å²) in [4.78, 5) is 11.1. The molecule has 0 aliphatic heterocycles. The summed E-state index contributed by atoms with van der Waals surface area (Å²) in [5, 5.41) is 22.3. The Kier molecular flexibility index (Phi) is 3.80. The molecule has 0 saturated heterocycles. The SMILES string of the molecule is O=C(O)c1ccc(-c2ccc3cc(O)c(C45CCC6CC(CC6C4)C5)cc3c2)cc1. The van der Waals surface area contributed by atoms with Crippen LogP contribution in [0.2, 0.25) is 0 Å². The Labute approximate surface area is 176 Å². The van der Waals surface area contributed by atoms with Gasteiger partial charge in [-0.25, -0.2) is 4.79 Å². The lowest BCUT2D eigenvalue weighted by Gasteiger charge is -2.45. The third-order valence-electron chi connectivity index (χ3n) is 8.26. The molecule has 0 spiro atoms. The molecule has 0 heterocycles. The van der Waals surface area contributed by atoms with Crippen LogP contribution in [0.1, 0.15) is 54.4 Å². The number of fused-ring (bicyclic) bond motifs is 3. The van der Waals surface area contributed by atoms with Gasteiger partial charge in [0.2, 0.25) is 0 Å². The van der Waals surface area contributed by atoms with Crippen molar-refractivity contribution in [3.05, 3.63) is 65.7 Å².